The molecular formula is C24H21NO2. The number of amides is 1. The quantitative estimate of drug-likeness (QED) is 0.657. The largest absolute Gasteiger partial charge is 0.478 e. The molecular weight excluding hydrogens is 334 g/mol. The molecule has 1 amide bonds. The van der Waals surface area contributed by atoms with Gasteiger partial charge in [-0.25, -0.2) is 0 Å². The summed E-state index contributed by atoms with van der Waals surface area (Å²) in [5.74, 6) is 1.09. The van der Waals surface area contributed by atoms with E-state index in [9.17, 15) is 4.79 Å². The summed E-state index contributed by atoms with van der Waals surface area (Å²) >= 11 is 0. The number of nitrogens with zero attached hydrogens (tertiary/aromatic N) is 1. The fourth-order valence-electron chi connectivity index (χ4n) is 4.42. The van der Waals surface area contributed by atoms with Crippen molar-refractivity contribution in [2.24, 2.45) is 0 Å². The minimum Gasteiger partial charge on any atom is -0.478 e. The summed E-state index contributed by atoms with van der Waals surface area (Å²) in [5, 5.41) is 0. The fraction of sp³-hybridized carbons (Fsp3) is 0.208. The Morgan fingerprint density at radius 2 is 1.52 bits per heavy atom. The molecule has 1 saturated heterocycles. The Kier molecular flexibility index (Phi) is 3.93. The molecule has 0 bridgehead atoms. The van der Waals surface area contributed by atoms with Crippen molar-refractivity contribution in [1.82, 2.24) is 4.90 Å². The van der Waals surface area contributed by atoms with Gasteiger partial charge in [0.2, 0.25) is 0 Å². The van der Waals surface area contributed by atoms with Gasteiger partial charge in [-0.2, -0.15) is 0 Å². The summed E-state index contributed by atoms with van der Waals surface area (Å²) < 4.78 is 6.12. The molecule has 0 N–H and O–H groups in total. The van der Waals surface area contributed by atoms with Crippen molar-refractivity contribution in [3.63, 3.8) is 0 Å². The second kappa shape index (κ2) is 6.58. The number of hydrogen-bond acceptors (Lipinski definition) is 2. The Balaban J connectivity index is 1.50. The number of hydrogen-bond donors (Lipinski definition) is 0. The van der Waals surface area contributed by atoms with E-state index in [2.05, 4.69) is 48.5 Å². The third-order valence-corrected chi connectivity index (χ3v) is 5.71. The maximum Gasteiger partial charge on any atom is 0.266 e. The van der Waals surface area contributed by atoms with Crippen LogP contribution in [0.4, 0.5) is 0 Å². The van der Waals surface area contributed by atoms with Crippen LogP contribution in [0.15, 0.2) is 84.9 Å². The molecule has 0 saturated carbocycles. The zero-order valence-corrected chi connectivity index (χ0v) is 15.0. The van der Waals surface area contributed by atoms with Crippen molar-refractivity contribution in [3.8, 4) is 5.75 Å². The highest BCUT2D eigenvalue weighted by Crippen LogP contribution is 2.43. The highest BCUT2D eigenvalue weighted by Gasteiger charge is 2.55. The minimum atomic E-state index is -0.408. The van der Waals surface area contributed by atoms with Crippen molar-refractivity contribution >= 4 is 5.91 Å². The topological polar surface area (TPSA) is 29.5 Å². The van der Waals surface area contributed by atoms with Crippen LogP contribution < -0.4 is 4.74 Å². The Morgan fingerprint density at radius 1 is 0.852 bits per heavy atom. The van der Waals surface area contributed by atoms with Gasteiger partial charge < -0.3 is 9.64 Å². The van der Waals surface area contributed by atoms with Crippen LogP contribution in [0.25, 0.3) is 0 Å². The molecule has 5 rings (SSSR count). The number of rotatable bonds is 4. The van der Waals surface area contributed by atoms with Gasteiger partial charge in [0, 0.05) is 12.5 Å². The summed E-state index contributed by atoms with van der Waals surface area (Å²) in [5.41, 5.74) is 3.88. The van der Waals surface area contributed by atoms with E-state index in [4.69, 9.17) is 4.74 Å². The number of β-lactam (4-membered cyclic amide) rings is 1. The van der Waals surface area contributed by atoms with E-state index in [1.807, 2.05) is 41.3 Å². The van der Waals surface area contributed by atoms with Crippen molar-refractivity contribution < 1.29 is 9.53 Å². The lowest BCUT2D eigenvalue weighted by Crippen LogP contribution is -2.70. The van der Waals surface area contributed by atoms with Gasteiger partial charge in [-0.3, -0.25) is 4.79 Å². The molecule has 0 unspecified atom stereocenters. The number of benzene rings is 3. The highest BCUT2D eigenvalue weighted by atomic mass is 16.5. The van der Waals surface area contributed by atoms with Crippen molar-refractivity contribution in [1.29, 1.82) is 0 Å². The molecule has 3 aromatic carbocycles. The molecule has 27 heavy (non-hydrogen) atoms. The Labute approximate surface area is 159 Å². The third-order valence-electron chi connectivity index (χ3n) is 5.71. The number of carbonyl (C=O) groups is 1. The minimum absolute atomic E-state index is 0.0767. The first-order valence-electron chi connectivity index (χ1n) is 9.45. The van der Waals surface area contributed by atoms with E-state index in [1.54, 1.807) is 0 Å². The average molecular weight is 355 g/mol. The Morgan fingerprint density at radius 3 is 2.30 bits per heavy atom. The van der Waals surface area contributed by atoms with E-state index < -0.39 is 6.10 Å². The van der Waals surface area contributed by atoms with Gasteiger partial charge in [0.25, 0.3) is 5.91 Å². The smallest absolute Gasteiger partial charge is 0.266 e. The molecule has 3 aromatic rings. The molecule has 3 atom stereocenters. The molecule has 3 heteroatoms. The maximum absolute atomic E-state index is 12.8. The zero-order valence-electron chi connectivity index (χ0n) is 15.0. The van der Waals surface area contributed by atoms with Crippen LogP contribution in [0.5, 0.6) is 5.75 Å². The first-order chi connectivity index (χ1) is 13.3. The van der Waals surface area contributed by atoms with Crippen LogP contribution in [0, 0.1) is 0 Å². The molecule has 134 valence electrons. The van der Waals surface area contributed by atoms with Gasteiger partial charge in [0.15, 0.2) is 6.10 Å². The first kappa shape index (κ1) is 16.1. The summed E-state index contributed by atoms with van der Waals surface area (Å²) in [6.45, 7) is 0.680. The van der Waals surface area contributed by atoms with Crippen LogP contribution in [0.2, 0.25) is 0 Å². The number of carbonyl (C=O) groups excluding carboxylic acids is 1. The standard InChI is InChI=1S/C24H21NO2/c26-24-23(27-19-12-5-2-6-13-19)22-21(15-17-9-3-1-4-10-17)20-14-8-7-11-18(20)16-25(22)24/h1-14,21-23H,15-16H2/t21-,22-,23+/m1/s1. The summed E-state index contributed by atoms with van der Waals surface area (Å²) in [7, 11) is 0. The Hall–Kier alpha value is -3.07. The molecule has 1 fully saturated rings. The average Bonchev–Trinajstić information content (AvgIpc) is 2.73. The molecule has 2 heterocycles. The van der Waals surface area contributed by atoms with Gasteiger partial charge in [-0.15, -0.1) is 0 Å². The number of fused-ring (bicyclic) bond motifs is 2. The van der Waals surface area contributed by atoms with Crippen LogP contribution >= 0.6 is 0 Å². The molecule has 2 aliphatic heterocycles. The summed E-state index contributed by atoms with van der Waals surface area (Å²) in [4.78, 5) is 14.8. The second-order valence-corrected chi connectivity index (χ2v) is 7.30. The van der Waals surface area contributed by atoms with E-state index in [1.165, 1.54) is 16.7 Å². The third kappa shape index (κ3) is 2.80. The van der Waals surface area contributed by atoms with Crippen LogP contribution in [-0.2, 0) is 17.8 Å². The lowest BCUT2D eigenvalue weighted by molar-refractivity contribution is -0.168. The molecule has 0 radical (unpaired) electrons. The van der Waals surface area contributed by atoms with Crippen LogP contribution in [0.3, 0.4) is 0 Å². The van der Waals surface area contributed by atoms with Crippen LogP contribution in [0.1, 0.15) is 22.6 Å². The van der Waals surface area contributed by atoms with E-state index in [0.717, 1.165) is 12.2 Å². The summed E-state index contributed by atoms with van der Waals surface area (Å²) in [6.07, 6.45) is 0.496. The predicted octanol–water partition coefficient (Wildman–Crippen LogP) is 4.18. The highest BCUT2D eigenvalue weighted by molar-refractivity contribution is 5.89. The van der Waals surface area contributed by atoms with Crippen molar-refractivity contribution in [3.05, 3.63) is 102 Å². The summed E-state index contributed by atoms with van der Waals surface area (Å²) in [6, 6.07) is 28.8. The van der Waals surface area contributed by atoms with Gasteiger partial charge in [-0.05, 0) is 35.2 Å². The molecule has 3 nitrogen and oxygen atoms in total. The number of ether oxygens (including phenoxy) is 1. The molecule has 0 aromatic heterocycles. The van der Waals surface area contributed by atoms with Gasteiger partial charge in [0.1, 0.15) is 5.75 Å². The SMILES string of the molecule is O=C1[C@@H](Oc2ccccc2)[C@H]2[C@H](Cc3ccccc3)c3ccccc3CN12. The number of para-hydroxylation sites is 1. The second-order valence-electron chi connectivity index (χ2n) is 7.30. The van der Waals surface area contributed by atoms with Gasteiger partial charge in [0.05, 0.1) is 6.04 Å². The monoisotopic (exact) mass is 355 g/mol. The van der Waals surface area contributed by atoms with Crippen LogP contribution in [-0.4, -0.2) is 23.0 Å². The normalized spacial score (nSPS) is 23.2. The maximum atomic E-state index is 12.8. The molecule has 0 spiro atoms. The first-order valence-corrected chi connectivity index (χ1v) is 9.45. The lowest BCUT2D eigenvalue weighted by Gasteiger charge is -2.53. The molecule has 2 aliphatic rings. The van der Waals surface area contributed by atoms with E-state index in [0.29, 0.717) is 6.54 Å². The van der Waals surface area contributed by atoms with Gasteiger partial charge in [-0.1, -0.05) is 72.8 Å². The zero-order chi connectivity index (χ0) is 18.2. The predicted molar refractivity (Wildman–Crippen MR) is 105 cm³/mol. The lowest BCUT2D eigenvalue weighted by atomic mass is 9.73. The van der Waals surface area contributed by atoms with Gasteiger partial charge >= 0.3 is 0 Å². The van der Waals surface area contributed by atoms with E-state index >= 15 is 0 Å². The molecule has 0 aliphatic carbocycles. The van der Waals surface area contributed by atoms with Crippen molar-refractivity contribution in [2.75, 3.05) is 0 Å². The van der Waals surface area contributed by atoms with E-state index in [-0.39, 0.29) is 17.9 Å². The Bertz CT molecular complexity index is 954. The van der Waals surface area contributed by atoms with Crippen molar-refractivity contribution in [2.45, 2.75) is 31.0 Å². The fourth-order valence-corrected chi connectivity index (χ4v) is 4.42.